The van der Waals surface area contributed by atoms with Crippen LogP contribution in [0.3, 0.4) is 0 Å². The smallest absolute Gasteiger partial charge is 0.246 e. The molecule has 0 saturated heterocycles. The van der Waals surface area contributed by atoms with E-state index >= 15 is 0 Å². The van der Waals surface area contributed by atoms with Gasteiger partial charge in [-0.05, 0) is 49.4 Å². The number of nitrogens with zero attached hydrogens (tertiary/aromatic N) is 5. The molecule has 0 unspecified atom stereocenters. The number of methoxy groups -OCH3 is 1. The predicted molar refractivity (Wildman–Crippen MR) is 117 cm³/mol. The Hall–Kier alpha value is -3.88. The molecule has 0 bridgehead atoms. The van der Waals surface area contributed by atoms with Crippen molar-refractivity contribution in [3.05, 3.63) is 53.7 Å². The third-order valence-corrected chi connectivity index (χ3v) is 5.60. The van der Waals surface area contributed by atoms with E-state index in [4.69, 9.17) is 10.5 Å². The number of hydrogen-bond donors (Lipinski definition) is 2. The van der Waals surface area contributed by atoms with Gasteiger partial charge in [0.2, 0.25) is 5.91 Å². The van der Waals surface area contributed by atoms with E-state index in [0.717, 1.165) is 41.5 Å². The number of fused-ring (bicyclic) bond motifs is 3. The average molecular weight is 417 g/mol. The van der Waals surface area contributed by atoms with E-state index < -0.39 is 0 Å². The molecule has 0 aliphatic heterocycles. The third-order valence-electron chi connectivity index (χ3n) is 5.60. The standard InChI is InChI=1S/C22H23N7O2/c1-13-9-26-28(10-13)11-19(30)27-16-7-6-14(8-18(16)31-2)29-17-5-3-4-15(17)20-21(29)22(23)25-12-24-20/h6-10,12H,3-5,11H2,1-2H3,(H,27,30)(H2,23,24,25). The molecule has 0 fully saturated rings. The Morgan fingerprint density at radius 3 is 2.94 bits per heavy atom. The Kier molecular flexibility index (Phi) is 4.58. The topological polar surface area (TPSA) is 113 Å². The van der Waals surface area contributed by atoms with Gasteiger partial charge in [-0.1, -0.05) is 0 Å². The maximum absolute atomic E-state index is 12.5. The van der Waals surface area contributed by atoms with Crippen molar-refractivity contribution < 1.29 is 9.53 Å². The molecule has 3 N–H and O–H groups in total. The lowest BCUT2D eigenvalue weighted by Crippen LogP contribution is -2.19. The number of aryl methyl sites for hydroxylation is 2. The zero-order valence-corrected chi connectivity index (χ0v) is 17.4. The van der Waals surface area contributed by atoms with Gasteiger partial charge < -0.3 is 20.4 Å². The van der Waals surface area contributed by atoms with Crippen molar-refractivity contribution in [3.8, 4) is 11.4 Å². The van der Waals surface area contributed by atoms with E-state index in [1.54, 1.807) is 18.0 Å². The number of carbonyl (C=O) groups is 1. The summed E-state index contributed by atoms with van der Waals surface area (Å²) in [4.78, 5) is 21.2. The molecule has 158 valence electrons. The van der Waals surface area contributed by atoms with Crippen molar-refractivity contribution in [2.75, 3.05) is 18.2 Å². The van der Waals surface area contributed by atoms with Crippen LogP contribution in [0.5, 0.6) is 5.75 Å². The van der Waals surface area contributed by atoms with E-state index in [2.05, 4.69) is 25.0 Å². The van der Waals surface area contributed by atoms with E-state index in [-0.39, 0.29) is 12.5 Å². The molecular formula is C22H23N7O2. The van der Waals surface area contributed by atoms with Gasteiger partial charge in [0.05, 0.1) is 24.5 Å². The first-order chi connectivity index (χ1) is 15.0. The van der Waals surface area contributed by atoms with Crippen molar-refractivity contribution in [2.45, 2.75) is 32.7 Å². The molecule has 5 rings (SSSR count). The summed E-state index contributed by atoms with van der Waals surface area (Å²) < 4.78 is 9.31. The first-order valence-corrected chi connectivity index (χ1v) is 10.1. The molecule has 31 heavy (non-hydrogen) atoms. The number of hydrogen-bond acceptors (Lipinski definition) is 6. The van der Waals surface area contributed by atoms with Gasteiger partial charge in [-0.2, -0.15) is 5.10 Å². The van der Waals surface area contributed by atoms with Crippen LogP contribution in [0.1, 0.15) is 23.2 Å². The maximum Gasteiger partial charge on any atom is 0.246 e. The average Bonchev–Trinajstić information content (AvgIpc) is 3.45. The van der Waals surface area contributed by atoms with Crippen molar-refractivity contribution in [2.24, 2.45) is 0 Å². The summed E-state index contributed by atoms with van der Waals surface area (Å²) in [5, 5.41) is 7.06. The van der Waals surface area contributed by atoms with E-state index in [1.165, 1.54) is 17.6 Å². The number of aromatic nitrogens is 5. The Morgan fingerprint density at radius 1 is 1.29 bits per heavy atom. The second kappa shape index (κ2) is 7.42. The zero-order valence-electron chi connectivity index (χ0n) is 17.4. The first kappa shape index (κ1) is 19.1. The van der Waals surface area contributed by atoms with Crippen molar-refractivity contribution in [1.82, 2.24) is 24.3 Å². The van der Waals surface area contributed by atoms with Crippen molar-refractivity contribution in [3.63, 3.8) is 0 Å². The summed E-state index contributed by atoms with van der Waals surface area (Å²) in [5.41, 5.74) is 12.9. The number of nitrogens with two attached hydrogens (primary N) is 1. The van der Waals surface area contributed by atoms with Crippen molar-refractivity contribution >= 4 is 28.4 Å². The largest absolute Gasteiger partial charge is 0.494 e. The van der Waals surface area contributed by atoms with E-state index in [0.29, 0.717) is 17.3 Å². The fourth-order valence-electron chi connectivity index (χ4n) is 4.30. The number of anilines is 2. The number of ether oxygens (including phenoxy) is 1. The summed E-state index contributed by atoms with van der Waals surface area (Å²) in [6.07, 6.45) is 8.08. The number of rotatable bonds is 5. The summed E-state index contributed by atoms with van der Waals surface area (Å²) in [6.45, 7) is 2.06. The van der Waals surface area contributed by atoms with Crippen LogP contribution in [0.25, 0.3) is 16.7 Å². The van der Waals surface area contributed by atoms with Crippen LogP contribution in [0.15, 0.2) is 36.9 Å². The van der Waals surface area contributed by atoms with Gasteiger partial charge in [0.25, 0.3) is 0 Å². The van der Waals surface area contributed by atoms with Gasteiger partial charge in [0, 0.05) is 23.6 Å². The highest BCUT2D eigenvalue weighted by atomic mass is 16.5. The minimum Gasteiger partial charge on any atom is -0.494 e. The molecule has 4 aromatic rings. The molecule has 0 saturated carbocycles. The maximum atomic E-state index is 12.5. The number of nitrogen functional groups attached to an aromatic ring is 1. The van der Waals surface area contributed by atoms with Gasteiger partial charge in [-0.3, -0.25) is 9.48 Å². The summed E-state index contributed by atoms with van der Waals surface area (Å²) in [7, 11) is 1.58. The van der Waals surface area contributed by atoms with Gasteiger partial charge in [-0.25, -0.2) is 9.97 Å². The molecule has 0 spiro atoms. The molecule has 3 aromatic heterocycles. The molecule has 1 amide bonds. The molecule has 9 heteroatoms. The number of benzene rings is 1. The van der Waals surface area contributed by atoms with Crippen molar-refractivity contribution in [1.29, 1.82) is 0 Å². The Labute approximate surface area is 178 Å². The fourth-order valence-corrected chi connectivity index (χ4v) is 4.30. The predicted octanol–water partition coefficient (Wildman–Crippen LogP) is 2.64. The number of carbonyl (C=O) groups excluding carboxylic acids is 1. The molecule has 0 radical (unpaired) electrons. The monoisotopic (exact) mass is 417 g/mol. The van der Waals surface area contributed by atoms with E-state index in [1.807, 2.05) is 31.3 Å². The van der Waals surface area contributed by atoms with Gasteiger partial charge in [0.1, 0.15) is 24.1 Å². The second-order valence-electron chi connectivity index (χ2n) is 7.72. The van der Waals surface area contributed by atoms with Crippen LogP contribution >= 0.6 is 0 Å². The minimum atomic E-state index is -0.181. The molecule has 1 aromatic carbocycles. The minimum absolute atomic E-state index is 0.127. The lowest BCUT2D eigenvalue weighted by molar-refractivity contribution is -0.116. The first-order valence-electron chi connectivity index (χ1n) is 10.1. The molecule has 1 aliphatic rings. The van der Waals surface area contributed by atoms with Crippen LogP contribution in [0, 0.1) is 6.92 Å². The number of amides is 1. The second-order valence-corrected chi connectivity index (χ2v) is 7.72. The Balaban J connectivity index is 1.51. The Bertz CT molecular complexity index is 1300. The molecular weight excluding hydrogens is 394 g/mol. The van der Waals surface area contributed by atoms with Crippen LogP contribution in [-0.2, 0) is 24.2 Å². The van der Waals surface area contributed by atoms with Crippen LogP contribution in [0.4, 0.5) is 11.5 Å². The van der Waals surface area contributed by atoms with Crippen LogP contribution < -0.4 is 15.8 Å². The summed E-state index contributed by atoms with van der Waals surface area (Å²) in [6, 6.07) is 5.69. The van der Waals surface area contributed by atoms with Gasteiger partial charge in [-0.15, -0.1) is 0 Å². The SMILES string of the molecule is COc1cc(-n2c3c(c4ncnc(N)c42)CCC3)ccc1NC(=O)Cn1cc(C)cn1. The molecule has 0 atom stereocenters. The highest BCUT2D eigenvalue weighted by Crippen LogP contribution is 2.37. The normalized spacial score (nSPS) is 12.8. The third kappa shape index (κ3) is 3.27. The van der Waals surface area contributed by atoms with E-state index in [9.17, 15) is 4.79 Å². The Morgan fingerprint density at radius 2 is 2.16 bits per heavy atom. The van der Waals surface area contributed by atoms with Crippen LogP contribution in [-0.4, -0.2) is 37.3 Å². The highest BCUT2D eigenvalue weighted by molar-refractivity contribution is 5.93. The zero-order chi connectivity index (χ0) is 21.5. The lowest BCUT2D eigenvalue weighted by atomic mass is 10.2. The van der Waals surface area contributed by atoms with Crippen LogP contribution in [0.2, 0.25) is 0 Å². The van der Waals surface area contributed by atoms with Gasteiger partial charge >= 0.3 is 0 Å². The highest BCUT2D eigenvalue weighted by Gasteiger charge is 2.25. The molecule has 1 aliphatic carbocycles. The fraction of sp³-hybridized carbons (Fsp3) is 0.273. The molecule has 9 nitrogen and oxygen atoms in total. The quantitative estimate of drug-likeness (QED) is 0.516. The summed E-state index contributed by atoms with van der Waals surface area (Å²) in [5.74, 6) is 0.830. The molecule has 3 heterocycles. The summed E-state index contributed by atoms with van der Waals surface area (Å²) >= 11 is 0. The van der Waals surface area contributed by atoms with Gasteiger partial charge in [0.15, 0.2) is 5.82 Å². The lowest BCUT2D eigenvalue weighted by Gasteiger charge is -2.15. The number of nitrogens with one attached hydrogen (secondary N) is 1.